The number of nitrogens with zero attached hydrogens (tertiary/aromatic N) is 1. The third-order valence-electron chi connectivity index (χ3n) is 2.70. The molecule has 19 heavy (non-hydrogen) atoms. The van der Waals surface area contributed by atoms with Gasteiger partial charge in [0, 0.05) is 24.3 Å². The van der Waals surface area contributed by atoms with Gasteiger partial charge in [-0.2, -0.15) is 0 Å². The number of aryl methyl sites for hydroxylation is 1. The van der Waals surface area contributed by atoms with Crippen molar-refractivity contribution < 1.29 is 18.3 Å². The van der Waals surface area contributed by atoms with Crippen LogP contribution in [0.3, 0.4) is 0 Å². The molecule has 1 heterocycles. The summed E-state index contributed by atoms with van der Waals surface area (Å²) in [6, 6.07) is 0. The molecule has 1 aromatic heterocycles. The molecule has 108 valence electrons. The molecule has 3 N–H and O–H groups in total. The first-order valence-electron chi connectivity index (χ1n) is 5.73. The van der Waals surface area contributed by atoms with Crippen molar-refractivity contribution in [3.05, 3.63) is 17.0 Å². The molecule has 0 radical (unpaired) electrons. The number of aromatic nitrogens is 1. The molecule has 0 saturated heterocycles. The van der Waals surface area contributed by atoms with Gasteiger partial charge in [-0.25, -0.2) is 17.9 Å². The second-order valence-corrected chi connectivity index (χ2v) is 6.29. The van der Waals surface area contributed by atoms with Crippen LogP contribution in [-0.2, 0) is 10.0 Å². The number of rotatable bonds is 6. The molecule has 1 rings (SSSR count). The van der Waals surface area contributed by atoms with Crippen LogP contribution in [0.5, 0.6) is 0 Å². The summed E-state index contributed by atoms with van der Waals surface area (Å²) in [6.45, 7) is 3.85. The number of carboxylic acid groups (broad SMARTS) is 1. The quantitative estimate of drug-likeness (QED) is 0.693. The molecule has 8 heteroatoms. The number of aromatic carboxylic acids is 1. The Balaban J connectivity index is 3.05. The maximum Gasteiger partial charge on any atom is 0.352 e. The number of hydrogen-bond donors (Lipinski definition) is 3. The van der Waals surface area contributed by atoms with Crippen LogP contribution in [0.4, 0.5) is 0 Å². The van der Waals surface area contributed by atoms with Crippen LogP contribution in [0.1, 0.15) is 21.7 Å². The van der Waals surface area contributed by atoms with Gasteiger partial charge in [0.25, 0.3) is 0 Å². The lowest BCUT2D eigenvalue weighted by atomic mass is 10.2. The van der Waals surface area contributed by atoms with Gasteiger partial charge < -0.3 is 15.0 Å². The van der Waals surface area contributed by atoms with E-state index in [1.807, 2.05) is 19.0 Å². The molecule has 7 nitrogen and oxygen atoms in total. The first-order valence-corrected chi connectivity index (χ1v) is 7.22. The topological polar surface area (TPSA) is 102 Å². The predicted molar refractivity (Wildman–Crippen MR) is 71.0 cm³/mol. The molecule has 0 aliphatic carbocycles. The first kappa shape index (κ1) is 15.7. The summed E-state index contributed by atoms with van der Waals surface area (Å²) in [5.74, 6) is -1.17. The highest BCUT2D eigenvalue weighted by atomic mass is 32.2. The molecule has 0 aromatic carbocycles. The maximum absolute atomic E-state index is 12.1. The highest BCUT2D eigenvalue weighted by Crippen LogP contribution is 2.22. The van der Waals surface area contributed by atoms with E-state index >= 15 is 0 Å². The Labute approximate surface area is 112 Å². The number of H-pyrrole nitrogens is 1. The fourth-order valence-corrected chi connectivity index (χ4v) is 3.29. The van der Waals surface area contributed by atoms with Crippen LogP contribution in [0, 0.1) is 13.8 Å². The number of carboxylic acids is 1. The first-order chi connectivity index (χ1) is 8.66. The minimum Gasteiger partial charge on any atom is -0.477 e. The number of likely N-dealkylation sites (N-methyl/N-ethyl adjacent to an activating group) is 1. The molecule has 1 aromatic rings. The molecule has 0 amide bonds. The summed E-state index contributed by atoms with van der Waals surface area (Å²) >= 11 is 0. The van der Waals surface area contributed by atoms with Gasteiger partial charge >= 0.3 is 5.97 Å². The number of nitrogens with one attached hydrogen (secondary N) is 2. The number of hydrogen-bond acceptors (Lipinski definition) is 4. The van der Waals surface area contributed by atoms with E-state index in [1.54, 1.807) is 6.92 Å². The van der Waals surface area contributed by atoms with Crippen molar-refractivity contribution in [3.8, 4) is 0 Å². The molecular formula is C11H19N3O4S. The lowest BCUT2D eigenvalue weighted by molar-refractivity contribution is 0.0690. The monoisotopic (exact) mass is 289 g/mol. The van der Waals surface area contributed by atoms with Crippen molar-refractivity contribution in [2.75, 3.05) is 27.2 Å². The molecule has 0 spiro atoms. The van der Waals surface area contributed by atoms with E-state index in [-0.39, 0.29) is 22.7 Å². The third-order valence-corrected chi connectivity index (χ3v) is 4.44. The average molecular weight is 289 g/mol. The van der Waals surface area contributed by atoms with Gasteiger partial charge in [0.2, 0.25) is 10.0 Å². The average Bonchev–Trinajstić information content (AvgIpc) is 2.53. The lowest BCUT2D eigenvalue weighted by Crippen LogP contribution is -2.31. The van der Waals surface area contributed by atoms with Crippen molar-refractivity contribution in [3.63, 3.8) is 0 Å². The van der Waals surface area contributed by atoms with Gasteiger partial charge in [-0.15, -0.1) is 0 Å². The summed E-state index contributed by atoms with van der Waals surface area (Å²) in [6.07, 6.45) is 0. The standard InChI is InChI=1S/C11H19N3O4S/c1-7-9(11(15)16)13-8(2)10(7)19(17,18)12-5-6-14(3)4/h12-13H,5-6H2,1-4H3,(H,15,16). The van der Waals surface area contributed by atoms with Crippen LogP contribution in [0.15, 0.2) is 4.90 Å². The molecule has 0 unspecified atom stereocenters. The van der Waals surface area contributed by atoms with Gasteiger partial charge in [-0.1, -0.05) is 0 Å². The Morgan fingerprint density at radius 2 is 1.95 bits per heavy atom. The van der Waals surface area contributed by atoms with Crippen LogP contribution in [-0.4, -0.2) is 56.6 Å². The van der Waals surface area contributed by atoms with Gasteiger partial charge in [0.05, 0.1) is 0 Å². The van der Waals surface area contributed by atoms with E-state index in [2.05, 4.69) is 9.71 Å². The van der Waals surface area contributed by atoms with Crippen LogP contribution in [0.25, 0.3) is 0 Å². The summed E-state index contributed by atoms with van der Waals surface area (Å²) in [5, 5.41) is 8.96. The van der Waals surface area contributed by atoms with Crippen LogP contribution < -0.4 is 4.72 Å². The fourth-order valence-electron chi connectivity index (χ4n) is 1.83. The fraction of sp³-hybridized carbons (Fsp3) is 0.545. The molecule has 0 saturated carbocycles. The zero-order chi connectivity index (χ0) is 14.8. The van der Waals surface area contributed by atoms with Gasteiger partial charge in [-0.3, -0.25) is 0 Å². The molecule has 0 atom stereocenters. The zero-order valence-electron chi connectivity index (χ0n) is 11.4. The van der Waals surface area contributed by atoms with E-state index in [9.17, 15) is 13.2 Å². The third kappa shape index (κ3) is 3.55. The minimum absolute atomic E-state index is 0.0173. The summed E-state index contributed by atoms with van der Waals surface area (Å²) in [5.41, 5.74) is 0.458. The van der Waals surface area contributed by atoms with Crippen molar-refractivity contribution in [1.29, 1.82) is 0 Å². The van der Waals surface area contributed by atoms with Crippen molar-refractivity contribution in [2.24, 2.45) is 0 Å². The summed E-state index contributed by atoms with van der Waals surface area (Å²) in [4.78, 5) is 15.4. The second-order valence-electron chi connectivity index (χ2n) is 4.59. The Morgan fingerprint density at radius 1 is 1.37 bits per heavy atom. The number of carbonyl (C=O) groups is 1. The zero-order valence-corrected chi connectivity index (χ0v) is 12.3. The lowest BCUT2D eigenvalue weighted by Gasteiger charge is -2.11. The molecule has 0 fully saturated rings. The van der Waals surface area contributed by atoms with Crippen molar-refractivity contribution in [1.82, 2.24) is 14.6 Å². The van der Waals surface area contributed by atoms with E-state index in [1.165, 1.54) is 6.92 Å². The van der Waals surface area contributed by atoms with E-state index in [4.69, 9.17) is 5.11 Å². The summed E-state index contributed by atoms with van der Waals surface area (Å²) < 4.78 is 26.8. The maximum atomic E-state index is 12.1. The van der Waals surface area contributed by atoms with Gasteiger partial charge in [-0.05, 0) is 27.9 Å². The Morgan fingerprint density at radius 3 is 2.37 bits per heavy atom. The van der Waals surface area contributed by atoms with Crippen molar-refractivity contribution in [2.45, 2.75) is 18.7 Å². The van der Waals surface area contributed by atoms with Crippen molar-refractivity contribution >= 4 is 16.0 Å². The number of aromatic amines is 1. The largest absolute Gasteiger partial charge is 0.477 e. The van der Waals surface area contributed by atoms with E-state index in [0.29, 0.717) is 12.2 Å². The second kappa shape index (κ2) is 5.72. The van der Waals surface area contributed by atoms with Crippen LogP contribution in [0.2, 0.25) is 0 Å². The smallest absolute Gasteiger partial charge is 0.352 e. The molecular weight excluding hydrogens is 270 g/mol. The van der Waals surface area contributed by atoms with Gasteiger partial charge in [0.15, 0.2) is 0 Å². The molecule has 0 aliphatic rings. The Kier molecular flexibility index (Phi) is 4.72. The predicted octanol–water partition coefficient (Wildman–Crippen LogP) is 0.170. The molecule has 0 aliphatic heterocycles. The normalized spacial score (nSPS) is 12.1. The SMILES string of the molecule is Cc1[nH]c(C(=O)O)c(C)c1S(=O)(=O)NCCN(C)C. The highest BCUT2D eigenvalue weighted by Gasteiger charge is 2.25. The molecule has 0 bridgehead atoms. The number of sulfonamides is 1. The van der Waals surface area contributed by atoms with E-state index < -0.39 is 16.0 Å². The van der Waals surface area contributed by atoms with Crippen LogP contribution >= 0.6 is 0 Å². The van der Waals surface area contributed by atoms with E-state index in [0.717, 1.165) is 0 Å². The summed E-state index contributed by atoms with van der Waals surface area (Å²) in [7, 11) is -0.0274. The Hall–Kier alpha value is -1.38. The Bertz CT molecular complexity index is 575. The highest BCUT2D eigenvalue weighted by molar-refractivity contribution is 7.89. The van der Waals surface area contributed by atoms with Gasteiger partial charge in [0.1, 0.15) is 10.6 Å². The minimum atomic E-state index is -3.70.